The lowest BCUT2D eigenvalue weighted by Gasteiger charge is -2.45. The molecule has 0 radical (unpaired) electrons. The molecule has 0 aliphatic carbocycles. The van der Waals surface area contributed by atoms with Crippen LogP contribution in [0.25, 0.3) is 10.9 Å². The predicted molar refractivity (Wildman–Crippen MR) is 125 cm³/mol. The van der Waals surface area contributed by atoms with Gasteiger partial charge in [0.1, 0.15) is 5.69 Å². The molecule has 1 aliphatic heterocycles. The second-order valence-corrected chi connectivity index (χ2v) is 8.70. The van der Waals surface area contributed by atoms with Crippen LogP contribution in [0.3, 0.4) is 0 Å². The number of H-pyrrole nitrogens is 1. The molecule has 8 heteroatoms. The first-order valence-electron chi connectivity index (χ1n) is 10.2. The van der Waals surface area contributed by atoms with Crippen molar-refractivity contribution in [1.82, 2.24) is 15.2 Å². The zero-order valence-corrected chi connectivity index (χ0v) is 18.9. The molecule has 4 rings (SSSR count). The topological polar surface area (TPSA) is 77.2 Å². The Morgan fingerprint density at radius 2 is 1.84 bits per heavy atom. The van der Waals surface area contributed by atoms with Crippen molar-refractivity contribution in [1.29, 1.82) is 0 Å². The number of piperidine rings is 1. The first kappa shape index (κ1) is 21.7. The van der Waals surface area contributed by atoms with E-state index < -0.39 is 5.54 Å². The molecular formula is C23H24Cl2N4O2. The van der Waals surface area contributed by atoms with Gasteiger partial charge in [0, 0.05) is 30.6 Å². The minimum Gasteiger partial charge on any atom is -0.350 e. The lowest BCUT2D eigenvalue weighted by molar-refractivity contribution is -0.114. The number of hydrogen-bond acceptors (Lipinski definition) is 3. The number of rotatable bonds is 4. The van der Waals surface area contributed by atoms with Crippen LogP contribution in [0.1, 0.15) is 35.8 Å². The predicted octanol–water partition coefficient (Wildman–Crippen LogP) is 4.78. The highest BCUT2D eigenvalue weighted by Gasteiger charge is 2.41. The summed E-state index contributed by atoms with van der Waals surface area (Å²) in [4.78, 5) is 30.1. The zero-order valence-electron chi connectivity index (χ0n) is 17.4. The molecule has 1 aromatic heterocycles. The Bertz CT molecular complexity index is 1150. The molecule has 0 unspecified atom stereocenters. The van der Waals surface area contributed by atoms with Crippen LogP contribution in [-0.4, -0.2) is 41.8 Å². The molecular weight excluding hydrogens is 435 g/mol. The number of carbonyl (C=O) groups is 2. The van der Waals surface area contributed by atoms with Gasteiger partial charge >= 0.3 is 0 Å². The van der Waals surface area contributed by atoms with E-state index in [9.17, 15) is 9.59 Å². The van der Waals surface area contributed by atoms with Crippen molar-refractivity contribution in [2.75, 3.05) is 25.5 Å². The van der Waals surface area contributed by atoms with Crippen LogP contribution in [0.4, 0.5) is 5.69 Å². The third kappa shape index (κ3) is 4.03. The first-order valence-corrected chi connectivity index (χ1v) is 10.9. The van der Waals surface area contributed by atoms with E-state index in [1.807, 2.05) is 37.4 Å². The van der Waals surface area contributed by atoms with Gasteiger partial charge in [-0.25, -0.2) is 0 Å². The van der Waals surface area contributed by atoms with Crippen molar-refractivity contribution >= 4 is 51.6 Å². The molecule has 0 spiro atoms. The molecule has 31 heavy (non-hydrogen) atoms. The summed E-state index contributed by atoms with van der Waals surface area (Å²) in [7, 11) is 1.83. The maximum atomic E-state index is 13.6. The van der Waals surface area contributed by atoms with E-state index in [4.69, 9.17) is 23.2 Å². The number of anilines is 1. The summed E-state index contributed by atoms with van der Waals surface area (Å²) < 4.78 is 0. The van der Waals surface area contributed by atoms with Crippen LogP contribution in [0.2, 0.25) is 10.0 Å². The largest absolute Gasteiger partial charge is 0.350 e. The summed E-state index contributed by atoms with van der Waals surface area (Å²) in [6.45, 7) is 3.06. The molecule has 0 saturated carbocycles. The minimum atomic E-state index is -0.504. The summed E-state index contributed by atoms with van der Waals surface area (Å²) in [5.41, 5.74) is 2.43. The lowest BCUT2D eigenvalue weighted by atomic mass is 9.79. The van der Waals surface area contributed by atoms with Crippen molar-refractivity contribution in [3.8, 4) is 0 Å². The second-order valence-electron chi connectivity index (χ2n) is 7.91. The van der Waals surface area contributed by atoms with Crippen LogP contribution in [0.5, 0.6) is 0 Å². The number of halogens is 2. The summed E-state index contributed by atoms with van der Waals surface area (Å²) in [5, 5.41) is 7.81. The molecule has 0 atom stereocenters. The van der Waals surface area contributed by atoms with E-state index >= 15 is 0 Å². The van der Waals surface area contributed by atoms with E-state index in [-0.39, 0.29) is 11.8 Å². The van der Waals surface area contributed by atoms with E-state index in [0.717, 1.165) is 48.1 Å². The number of aromatic nitrogens is 1. The highest BCUT2D eigenvalue weighted by atomic mass is 35.5. The SMILES string of the molecule is CC(=O)Nc1cccc(C2(N(C)C(=O)c3cc4c(Cl)c(Cl)ccc4[nH]3)CCNCC2)c1. The van der Waals surface area contributed by atoms with Crippen LogP contribution in [-0.2, 0) is 10.3 Å². The normalized spacial score (nSPS) is 15.6. The molecule has 6 nitrogen and oxygen atoms in total. The number of aromatic amines is 1. The van der Waals surface area contributed by atoms with Crippen LogP contribution in [0.15, 0.2) is 42.5 Å². The van der Waals surface area contributed by atoms with Crippen molar-refractivity contribution in [3.05, 3.63) is 63.8 Å². The Labute approximate surface area is 190 Å². The van der Waals surface area contributed by atoms with Gasteiger partial charge in [-0.05, 0) is 61.8 Å². The van der Waals surface area contributed by atoms with Crippen molar-refractivity contribution < 1.29 is 9.59 Å². The number of hydrogen-bond donors (Lipinski definition) is 3. The van der Waals surface area contributed by atoms with Crippen LogP contribution in [0, 0.1) is 0 Å². The smallest absolute Gasteiger partial charge is 0.270 e. The Morgan fingerprint density at radius 1 is 1.10 bits per heavy atom. The first-order chi connectivity index (χ1) is 14.8. The van der Waals surface area contributed by atoms with Gasteiger partial charge in [0.25, 0.3) is 5.91 Å². The monoisotopic (exact) mass is 458 g/mol. The summed E-state index contributed by atoms with van der Waals surface area (Å²) in [6, 6.07) is 13.0. The number of carbonyl (C=O) groups excluding carboxylic acids is 2. The van der Waals surface area contributed by atoms with Crippen molar-refractivity contribution in [2.45, 2.75) is 25.3 Å². The fraction of sp³-hybridized carbons (Fsp3) is 0.304. The molecule has 1 saturated heterocycles. The van der Waals surface area contributed by atoms with Gasteiger partial charge in [0.15, 0.2) is 0 Å². The third-order valence-corrected chi connectivity index (χ3v) is 6.84. The van der Waals surface area contributed by atoms with Crippen molar-refractivity contribution in [2.24, 2.45) is 0 Å². The van der Waals surface area contributed by atoms with Gasteiger partial charge in [-0.15, -0.1) is 0 Å². The van der Waals surface area contributed by atoms with Gasteiger partial charge in [0.2, 0.25) is 5.91 Å². The molecule has 1 aliphatic rings. The Hall–Kier alpha value is -2.54. The van der Waals surface area contributed by atoms with Crippen LogP contribution >= 0.6 is 23.2 Å². The van der Waals surface area contributed by atoms with E-state index in [1.54, 1.807) is 17.0 Å². The maximum absolute atomic E-state index is 13.6. The number of fused-ring (bicyclic) bond motifs is 1. The molecule has 3 aromatic rings. The van der Waals surface area contributed by atoms with Gasteiger partial charge in [-0.2, -0.15) is 0 Å². The molecule has 2 heterocycles. The lowest BCUT2D eigenvalue weighted by Crippen LogP contribution is -2.53. The molecule has 162 valence electrons. The molecule has 1 fully saturated rings. The molecule has 3 N–H and O–H groups in total. The fourth-order valence-electron chi connectivity index (χ4n) is 4.38. The fourth-order valence-corrected chi connectivity index (χ4v) is 4.76. The standard InChI is InChI=1S/C23H24Cl2N4O2/c1-14(30)27-16-5-3-4-15(12-16)23(8-10-26-11-9-23)29(2)22(31)20-13-17-19(28-20)7-6-18(24)21(17)25/h3-7,12-13,26,28H,8-11H2,1-2H3,(H,27,30). The average molecular weight is 459 g/mol. The third-order valence-electron chi connectivity index (χ3n) is 6.02. The quantitative estimate of drug-likeness (QED) is 0.526. The van der Waals surface area contributed by atoms with Crippen LogP contribution < -0.4 is 10.6 Å². The second kappa shape index (κ2) is 8.54. The highest BCUT2D eigenvalue weighted by Crippen LogP contribution is 2.39. The van der Waals surface area contributed by atoms with Gasteiger partial charge < -0.3 is 20.5 Å². The van der Waals surface area contributed by atoms with Gasteiger partial charge in [-0.1, -0.05) is 35.3 Å². The van der Waals surface area contributed by atoms with Gasteiger partial charge in [0.05, 0.1) is 15.6 Å². The summed E-state index contributed by atoms with van der Waals surface area (Å²) in [5.74, 6) is -0.259. The number of nitrogens with one attached hydrogen (secondary N) is 3. The number of amides is 2. The van der Waals surface area contributed by atoms with E-state index in [0.29, 0.717) is 15.7 Å². The maximum Gasteiger partial charge on any atom is 0.270 e. The van der Waals surface area contributed by atoms with E-state index in [2.05, 4.69) is 15.6 Å². The van der Waals surface area contributed by atoms with E-state index in [1.165, 1.54) is 6.92 Å². The average Bonchev–Trinajstić information content (AvgIpc) is 3.21. The number of benzene rings is 2. The molecule has 2 aromatic carbocycles. The Balaban J connectivity index is 1.74. The molecule has 0 bridgehead atoms. The number of nitrogens with zero attached hydrogens (tertiary/aromatic N) is 1. The highest BCUT2D eigenvalue weighted by molar-refractivity contribution is 6.45. The van der Waals surface area contributed by atoms with Crippen molar-refractivity contribution in [3.63, 3.8) is 0 Å². The Morgan fingerprint density at radius 3 is 2.55 bits per heavy atom. The summed E-state index contributed by atoms with van der Waals surface area (Å²) >= 11 is 12.5. The summed E-state index contributed by atoms with van der Waals surface area (Å²) in [6.07, 6.45) is 1.51. The van der Waals surface area contributed by atoms with Gasteiger partial charge in [-0.3, -0.25) is 9.59 Å². The minimum absolute atomic E-state index is 0.129. The zero-order chi connectivity index (χ0) is 22.2. The molecule has 2 amide bonds. The Kier molecular flexibility index (Phi) is 5.97.